The Balaban J connectivity index is 3.24. The fourth-order valence-corrected chi connectivity index (χ4v) is 1.59. The number of esters is 1. The van der Waals surface area contributed by atoms with E-state index in [-0.39, 0.29) is 30.4 Å². The molecule has 1 aromatic rings. The predicted molar refractivity (Wildman–Crippen MR) is 63.6 cm³/mol. The van der Waals surface area contributed by atoms with Crippen molar-refractivity contribution in [2.24, 2.45) is 0 Å². The molecule has 0 fully saturated rings. The zero-order chi connectivity index (χ0) is 16.0. The molecule has 0 aromatic heterocycles. The van der Waals surface area contributed by atoms with Crippen molar-refractivity contribution in [3.05, 3.63) is 28.8 Å². The van der Waals surface area contributed by atoms with Gasteiger partial charge in [-0.25, -0.2) is 0 Å². The second kappa shape index (κ2) is 6.74. The Labute approximate surface area is 117 Å². The van der Waals surface area contributed by atoms with Gasteiger partial charge in [0.05, 0.1) is 13.0 Å². The maximum Gasteiger partial charge on any atom is 0.573 e. The Hall–Kier alpha value is -2.56. The minimum atomic E-state index is -5.02. The molecule has 0 saturated heterocycles. The first-order valence-corrected chi connectivity index (χ1v) is 5.74. The molecular formula is C13H10F3NO4. The van der Waals surface area contributed by atoms with Crippen molar-refractivity contribution in [3.63, 3.8) is 0 Å². The number of nitriles is 1. The lowest BCUT2D eigenvalue weighted by molar-refractivity contribution is -0.274. The number of carbonyl (C=O) groups is 2. The molecule has 1 aromatic carbocycles. The normalized spacial score (nSPS) is 10.6. The van der Waals surface area contributed by atoms with Gasteiger partial charge in [-0.2, -0.15) is 5.26 Å². The molecule has 8 heteroatoms. The third kappa shape index (κ3) is 4.80. The van der Waals surface area contributed by atoms with Crippen molar-refractivity contribution < 1.29 is 32.2 Å². The number of hydrogen-bond donors (Lipinski definition) is 0. The number of benzene rings is 1. The molecule has 112 valence electrons. The third-order valence-corrected chi connectivity index (χ3v) is 2.31. The van der Waals surface area contributed by atoms with E-state index in [1.54, 1.807) is 6.92 Å². The summed E-state index contributed by atoms with van der Waals surface area (Å²) in [6.07, 6.45) is -5.14. The number of hydrogen-bond acceptors (Lipinski definition) is 5. The van der Waals surface area contributed by atoms with Crippen LogP contribution >= 0.6 is 0 Å². The van der Waals surface area contributed by atoms with Crippen LogP contribution in [-0.2, 0) is 16.0 Å². The Bertz CT molecular complexity index is 590. The van der Waals surface area contributed by atoms with E-state index in [0.29, 0.717) is 0 Å². The average Bonchev–Trinajstić information content (AvgIpc) is 2.36. The molecule has 0 aliphatic rings. The molecule has 0 saturated carbocycles. The molecule has 1 rings (SSSR count). The van der Waals surface area contributed by atoms with Gasteiger partial charge in [0.2, 0.25) is 0 Å². The van der Waals surface area contributed by atoms with Gasteiger partial charge in [0.25, 0.3) is 0 Å². The van der Waals surface area contributed by atoms with E-state index < -0.39 is 23.6 Å². The van der Waals surface area contributed by atoms with Crippen LogP contribution in [0.4, 0.5) is 13.2 Å². The number of alkyl halides is 3. The highest BCUT2D eigenvalue weighted by Crippen LogP contribution is 2.29. The van der Waals surface area contributed by atoms with Crippen LogP contribution in [0.1, 0.15) is 28.4 Å². The summed E-state index contributed by atoms with van der Waals surface area (Å²) in [5.74, 6) is -1.49. The maximum absolute atomic E-state index is 12.3. The molecule has 21 heavy (non-hydrogen) atoms. The Morgan fingerprint density at radius 1 is 1.43 bits per heavy atom. The summed E-state index contributed by atoms with van der Waals surface area (Å²) in [7, 11) is 0. The number of carbonyl (C=O) groups excluding carboxylic acids is 2. The molecule has 0 atom stereocenters. The summed E-state index contributed by atoms with van der Waals surface area (Å²) in [4.78, 5) is 22.2. The van der Waals surface area contributed by atoms with Gasteiger partial charge >= 0.3 is 12.3 Å². The lowest BCUT2D eigenvalue weighted by atomic mass is 10.0. The van der Waals surface area contributed by atoms with Gasteiger partial charge < -0.3 is 9.47 Å². The van der Waals surface area contributed by atoms with Crippen molar-refractivity contribution >= 4 is 12.3 Å². The molecule has 0 spiro atoms. The monoisotopic (exact) mass is 301 g/mol. The van der Waals surface area contributed by atoms with Crippen molar-refractivity contribution in [3.8, 4) is 11.8 Å². The van der Waals surface area contributed by atoms with Crippen LogP contribution < -0.4 is 4.74 Å². The number of nitrogens with zero attached hydrogens (tertiary/aromatic N) is 1. The summed E-state index contributed by atoms with van der Waals surface area (Å²) in [6.45, 7) is 1.69. The highest BCUT2D eigenvalue weighted by atomic mass is 19.4. The van der Waals surface area contributed by atoms with E-state index >= 15 is 0 Å². The zero-order valence-electron chi connectivity index (χ0n) is 10.9. The Morgan fingerprint density at radius 3 is 2.57 bits per heavy atom. The van der Waals surface area contributed by atoms with E-state index in [1.807, 2.05) is 0 Å². The lowest BCUT2D eigenvalue weighted by Gasteiger charge is -2.13. The molecule has 0 radical (unpaired) electrons. The maximum atomic E-state index is 12.3. The number of aldehydes is 1. The molecule has 0 aliphatic carbocycles. The second-order valence-corrected chi connectivity index (χ2v) is 3.82. The molecule has 0 bridgehead atoms. The van der Waals surface area contributed by atoms with E-state index in [2.05, 4.69) is 9.47 Å². The summed E-state index contributed by atoms with van der Waals surface area (Å²) in [6, 6.07) is 3.50. The highest BCUT2D eigenvalue weighted by molar-refractivity contribution is 5.82. The number of rotatable bonds is 5. The van der Waals surface area contributed by atoms with Crippen LogP contribution in [-0.4, -0.2) is 25.2 Å². The summed E-state index contributed by atoms with van der Waals surface area (Å²) >= 11 is 0. The summed E-state index contributed by atoms with van der Waals surface area (Å²) < 4.78 is 45.3. The fraction of sp³-hybridized carbons (Fsp3) is 0.308. The van der Waals surface area contributed by atoms with Crippen LogP contribution in [0.2, 0.25) is 0 Å². The minimum Gasteiger partial charge on any atom is -0.466 e. The van der Waals surface area contributed by atoms with E-state index in [9.17, 15) is 22.8 Å². The van der Waals surface area contributed by atoms with Gasteiger partial charge in [0.1, 0.15) is 17.4 Å². The second-order valence-electron chi connectivity index (χ2n) is 3.82. The molecule has 0 unspecified atom stereocenters. The first kappa shape index (κ1) is 16.5. The smallest absolute Gasteiger partial charge is 0.466 e. The Morgan fingerprint density at radius 2 is 2.10 bits per heavy atom. The zero-order valence-corrected chi connectivity index (χ0v) is 10.9. The topological polar surface area (TPSA) is 76.4 Å². The molecule has 5 nitrogen and oxygen atoms in total. The quantitative estimate of drug-likeness (QED) is 0.616. The van der Waals surface area contributed by atoms with Gasteiger partial charge in [-0.3, -0.25) is 9.59 Å². The van der Waals surface area contributed by atoms with Crippen molar-refractivity contribution in [1.29, 1.82) is 5.26 Å². The van der Waals surface area contributed by atoms with E-state index in [4.69, 9.17) is 5.26 Å². The molecule has 0 N–H and O–H groups in total. The third-order valence-electron chi connectivity index (χ3n) is 2.31. The fourth-order valence-electron chi connectivity index (χ4n) is 1.59. The molecule has 0 aliphatic heterocycles. The van der Waals surface area contributed by atoms with Crippen LogP contribution in [0.3, 0.4) is 0 Å². The van der Waals surface area contributed by atoms with Crippen molar-refractivity contribution in [2.45, 2.75) is 19.7 Å². The van der Waals surface area contributed by atoms with Crippen LogP contribution in [0.15, 0.2) is 12.1 Å². The van der Waals surface area contributed by atoms with Crippen LogP contribution in [0.5, 0.6) is 5.75 Å². The van der Waals surface area contributed by atoms with E-state index in [0.717, 1.165) is 12.1 Å². The van der Waals surface area contributed by atoms with E-state index in [1.165, 1.54) is 6.07 Å². The Kier molecular flexibility index (Phi) is 5.30. The lowest BCUT2D eigenvalue weighted by Crippen LogP contribution is -2.19. The first-order valence-electron chi connectivity index (χ1n) is 5.74. The van der Waals surface area contributed by atoms with Crippen LogP contribution in [0, 0.1) is 11.3 Å². The van der Waals surface area contributed by atoms with Gasteiger partial charge in [-0.15, -0.1) is 13.2 Å². The summed E-state index contributed by atoms with van der Waals surface area (Å²) in [5.41, 5.74) is -0.762. The van der Waals surface area contributed by atoms with Crippen LogP contribution in [0.25, 0.3) is 0 Å². The SMILES string of the molecule is CCOC(=O)Cc1cc(C=O)c(C#N)c(OC(F)(F)F)c1. The minimum absolute atomic E-state index is 0.0776. The van der Waals surface area contributed by atoms with Gasteiger partial charge in [-0.1, -0.05) is 0 Å². The van der Waals surface area contributed by atoms with Gasteiger partial charge in [0, 0.05) is 5.56 Å². The standard InChI is InChI=1S/C13H10F3NO4/c1-2-20-12(19)5-8-3-9(7-18)10(6-17)11(4-8)21-13(14,15)16/h3-4,7H,2,5H2,1H3. The number of halogens is 3. The van der Waals surface area contributed by atoms with Crippen molar-refractivity contribution in [1.82, 2.24) is 0 Å². The van der Waals surface area contributed by atoms with Crippen molar-refractivity contribution in [2.75, 3.05) is 6.61 Å². The summed E-state index contributed by atoms with van der Waals surface area (Å²) in [5, 5.41) is 8.84. The highest BCUT2D eigenvalue weighted by Gasteiger charge is 2.33. The number of ether oxygens (including phenoxy) is 2. The van der Waals surface area contributed by atoms with Gasteiger partial charge in [0.15, 0.2) is 6.29 Å². The molecule has 0 amide bonds. The van der Waals surface area contributed by atoms with Gasteiger partial charge in [-0.05, 0) is 24.6 Å². The largest absolute Gasteiger partial charge is 0.573 e. The average molecular weight is 301 g/mol. The predicted octanol–water partition coefficient (Wildman–Crippen LogP) is 2.37. The molecule has 0 heterocycles. The first-order chi connectivity index (χ1) is 9.80. The molecular weight excluding hydrogens is 291 g/mol.